The molecule has 21 heavy (non-hydrogen) atoms. The molecule has 2 N–H and O–H groups in total. The second-order valence-electron chi connectivity index (χ2n) is 5.42. The van der Waals surface area contributed by atoms with Gasteiger partial charge < -0.3 is 10.6 Å². The van der Waals surface area contributed by atoms with Crippen molar-refractivity contribution in [3.8, 4) is 0 Å². The van der Waals surface area contributed by atoms with Crippen molar-refractivity contribution in [1.29, 1.82) is 0 Å². The van der Waals surface area contributed by atoms with Crippen LogP contribution in [0.1, 0.15) is 44.7 Å². The summed E-state index contributed by atoms with van der Waals surface area (Å²) in [7, 11) is 0. The van der Waals surface area contributed by atoms with Crippen LogP contribution in [0.4, 0.5) is 24.9 Å². The summed E-state index contributed by atoms with van der Waals surface area (Å²) >= 11 is 0. The van der Waals surface area contributed by atoms with Crippen molar-refractivity contribution in [3.63, 3.8) is 0 Å². The SMILES string of the molecule is CCCNc1nc(NCC2CCCC2)cc(C(F)(F)F)n1. The molecular weight excluding hydrogens is 281 g/mol. The summed E-state index contributed by atoms with van der Waals surface area (Å²) < 4.78 is 38.6. The third-order valence-corrected chi connectivity index (χ3v) is 3.60. The van der Waals surface area contributed by atoms with Crippen LogP contribution >= 0.6 is 0 Å². The zero-order chi connectivity index (χ0) is 15.3. The maximum atomic E-state index is 12.9. The van der Waals surface area contributed by atoms with Crippen LogP contribution in [0.2, 0.25) is 0 Å². The fourth-order valence-corrected chi connectivity index (χ4v) is 2.46. The van der Waals surface area contributed by atoms with Gasteiger partial charge in [-0.05, 0) is 25.2 Å². The van der Waals surface area contributed by atoms with E-state index in [1.165, 1.54) is 12.8 Å². The largest absolute Gasteiger partial charge is 0.433 e. The monoisotopic (exact) mass is 302 g/mol. The number of halogens is 3. The molecule has 1 heterocycles. The minimum Gasteiger partial charge on any atom is -0.370 e. The molecule has 0 spiro atoms. The fourth-order valence-electron chi connectivity index (χ4n) is 2.46. The molecule has 0 radical (unpaired) electrons. The highest BCUT2D eigenvalue weighted by Gasteiger charge is 2.33. The van der Waals surface area contributed by atoms with Crippen LogP contribution in [-0.2, 0) is 6.18 Å². The topological polar surface area (TPSA) is 49.8 Å². The van der Waals surface area contributed by atoms with Crippen molar-refractivity contribution in [2.24, 2.45) is 5.92 Å². The molecule has 0 unspecified atom stereocenters. The number of hydrogen-bond acceptors (Lipinski definition) is 4. The van der Waals surface area contributed by atoms with E-state index in [0.717, 1.165) is 25.3 Å². The van der Waals surface area contributed by atoms with Crippen molar-refractivity contribution in [3.05, 3.63) is 11.8 Å². The summed E-state index contributed by atoms with van der Waals surface area (Å²) in [6, 6.07) is 0.978. The van der Waals surface area contributed by atoms with Crippen molar-refractivity contribution < 1.29 is 13.2 Å². The fraction of sp³-hybridized carbons (Fsp3) is 0.714. The first-order valence-electron chi connectivity index (χ1n) is 7.43. The second kappa shape index (κ2) is 6.95. The Morgan fingerprint density at radius 1 is 1.19 bits per heavy atom. The zero-order valence-electron chi connectivity index (χ0n) is 12.1. The summed E-state index contributed by atoms with van der Waals surface area (Å²) in [6.45, 7) is 3.14. The van der Waals surface area contributed by atoms with Gasteiger partial charge in [0, 0.05) is 19.2 Å². The Labute approximate surface area is 122 Å². The number of nitrogens with one attached hydrogen (secondary N) is 2. The molecule has 0 saturated heterocycles. The lowest BCUT2D eigenvalue weighted by Crippen LogP contribution is -2.17. The van der Waals surface area contributed by atoms with Gasteiger partial charge in [-0.2, -0.15) is 18.2 Å². The van der Waals surface area contributed by atoms with E-state index in [1.807, 2.05) is 6.92 Å². The van der Waals surface area contributed by atoms with Crippen molar-refractivity contribution in [1.82, 2.24) is 9.97 Å². The summed E-state index contributed by atoms with van der Waals surface area (Å²) in [5.74, 6) is 0.796. The standard InChI is InChI=1S/C14H21F3N4/c1-2-7-18-13-20-11(14(15,16)17)8-12(21-13)19-9-10-5-3-4-6-10/h8,10H,2-7,9H2,1H3,(H2,18,19,20,21). The van der Waals surface area contributed by atoms with Crippen LogP contribution in [0, 0.1) is 5.92 Å². The number of aromatic nitrogens is 2. The third kappa shape index (κ3) is 4.75. The molecule has 1 aliphatic carbocycles. The molecule has 7 heteroatoms. The molecule has 0 aromatic carbocycles. The van der Waals surface area contributed by atoms with Gasteiger partial charge in [0.2, 0.25) is 5.95 Å². The lowest BCUT2D eigenvalue weighted by atomic mass is 10.1. The number of anilines is 2. The summed E-state index contributed by atoms with van der Waals surface area (Å²) in [4.78, 5) is 7.65. The summed E-state index contributed by atoms with van der Waals surface area (Å²) in [5.41, 5.74) is -0.912. The normalized spacial score (nSPS) is 16.2. The summed E-state index contributed by atoms with van der Waals surface area (Å²) in [6.07, 6.45) is 0.997. The Balaban J connectivity index is 2.09. The Hall–Kier alpha value is -1.53. The van der Waals surface area contributed by atoms with E-state index < -0.39 is 11.9 Å². The maximum Gasteiger partial charge on any atom is 0.433 e. The molecule has 0 bridgehead atoms. The van der Waals surface area contributed by atoms with Crippen molar-refractivity contribution in [2.75, 3.05) is 23.7 Å². The first-order valence-corrected chi connectivity index (χ1v) is 7.43. The molecule has 1 aromatic rings. The van der Waals surface area contributed by atoms with Crippen LogP contribution < -0.4 is 10.6 Å². The second-order valence-corrected chi connectivity index (χ2v) is 5.42. The van der Waals surface area contributed by atoms with Gasteiger partial charge in [-0.1, -0.05) is 19.8 Å². The molecule has 2 rings (SSSR count). The van der Waals surface area contributed by atoms with Crippen molar-refractivity contribution in [2.45, 2.75) is 45.2 Å². The molecular formula is C14H21F3N4. The van der Waals surface area contributed by atoms with E-state index in [-0.39, 0.29) is 11.8 Å². The first kappa shape index (κ1) is 15.9. The average molecular weight is 302 g/mol. The van der Waals surface area contributed by atoms with E-state index in [0.29, 0.717) is 19.0 Å². The Morgan fingerprint density at radius 3 is 2.52 bits per heavy atom. The van der Waals surface area contributed by atoms with Gasteiger partial charge in [0.15, 0.2) is 5.69 Å². The number of hydrogen-bond donors (Lipinski definition) is 2. The van der Waals surface area contributed by atoms with Gasteiger partial charge in [-0.15, -0.1) is 0 Å². The Morgan fingerprint density at radius 2 is 1.90 bits per heavy atom. The number of rotatable bonds is 6. The maximum absolute atomic E-state index is 12.9. The van der Waals surface area contributed by atoms with Crippen LogP contribution in [0.3, 0.4) is 0 Å². The molecule has 1 fully saturated rings. The molecule has 0 atom stereocenters. The minimum absolute atomic E-state index is 0.0283. The predicted octanol–water partition coefficient (Wildman–Crippen LogP) is 3.92. The van der Waals surface area contributed by atoms with Gasteiger partial charge in [-0.3, -0.25) is 0 Å². The van der Waals surface area contributed by atoms with Gasteiger partial charge in [0.25, 0.3) is 0 Å². The van der Waals surface area contributed by atoms with Gasteiger partial charge in [0.05, 0.1) is 0 Å². The van der Waals surface area contributed by atoms with E-state index in [1.54, 1.807) is 0 Å². The molecule has 118 valence electrons. The lowest BCUT2D eigenvalue weighted by molar-refractivity contribution is -0.141. The van der Waals surface area contributed by atoms with Crippen LogP contribution in [0.5, 0.6) is 0 Å². The molecule has 0 amide bonds. The highest BCUT2D eigenvalue weighted by Crippen LogP contribution is 2.30. The average Bonchev–Trinajstić information content (AvgIpc) is 2.95. The van der Waals surface area contributed by atoms with Gasteiger partial charge >= 0.3 is 6.18 Å². The number of nitrogens with zero attached hydrogens (tertiary/aromatic N) is 2. The van der Waals surface area contributed by atoms with E-state index in [9.17, 15) is 13.2 Å². The van der Waals surface area contributed by atoms with E-state index in [4.69, 9.17) is 0 Å². The zero-order valence-corrected chi connectivity index (χ0v) is 12.1. The lowest BCUT2D eigenvalue weighted by Gasteiger charge is -2.14. The number of alkyl halides is 3. The molecule has 1 saturated carbocycles. The Bertz CT molecular complexity index is 456. The first-order chi connectivity index (χ1) is 9.99. The van der Waals surface area contributed by atoms with Crippen molar-refractivity contribution >= 4 is 11.8 Å². The highest BCUT2D eigenvalue weighted by atomic mass is 19.4. The molecule has 1 aromatic heterocycles. The van der Waals surface area contributed by atoms with Crippen LogP contribution in [-0.4, -0.2) is 23.1 Å². The Kier molecular flexibility index (Phi) is 5.25. The molecule has 0 aliphatic heterocycles. The quantitative estimate of drug-likeness (QED) is 0.836. The smallest absolute Gasteiger partial charge is 0.370 e. The minimum atomic E-state index is -4.46. The van der Waals surface area contributed by atoms with Crippen LogP contribution in [0.15, 0.2) is 6.07 Å². The summed E-state index contributed by atoms with van der Waals surface area (Å²) in [5, 5.41) is 5.84. The molecule has 4 nitrogen and oxygen atoms in total. The highest BCUT2D eigenvalue weighted by molar-refractivity contribution is 5.43. The predicted molar refractivity (Wildman–Crippen MR) is 76.3 cm³/mol. The van der Waals surface area contributed by atoms with Gasteiger partial charge in [0.1, 0.15) is 5.82 Å². The van der Waals surface area contributed by atoms with E-state index >= 15 is 0 Å². The van der Waals surface area contributed by atoms with Gasteiger partial charge in [-0.25, -0.2) is 4.98 Å². The van der Waals surface area contributed by atoms with E-state index in [2.05, 4.69) is 20.6 Å². The molecule has 1 aliphatic rings. The third-order valence-electron chi connectivity index (χ3n) is 3.60. The van der Waals surface area contributed by atoms with Crippen LogP contribution in [0.25, 0.3) is 0 Å².